The van der Waals surface area contributed by atoms with Crippen molar-refractivity contribution in [1.29, 1.82) is 0 Å². The molecular weight excluding hydrogens is 287 g/mol. The number of halogens is 3. The molecule has 21 heavy (non-hydrogen) atoms. The lowest BCUT2D eigenvalue weighted by atomic mass is 10.1. The molecule has 2 amide bonds. The zero-order valence-corrected chi connectivity index (χ0v) is 11.3. The van der Waals surface area contributed by atoms with E-state index in [2.05, 4.69) is 10.3 Å². The number of nitrogens with one attached hydrogen (secondary N) is 1. The van der Waals surface area contributed by atoms with Crippen molar-refractivity contribution in [1.82, 2.24) is 9.88 Å². The summed E-state index contributed by atoms with van der Waals surface area (Å²) in [5, 5.41) is 2.52. The van der Waals surface area contributed by atoms with E-state index >= 15 is 0 Å². The zero-order valence-electron chi connectivity index (χ0n) is 11.3. The zero-order chi connectivity index (χ0) is 15.6. The van der Waals surface area contributed by atoms with E-state index in [1.165, 1.54) is 0 Å². The maximum absolute atomic E-state index is 12.3. The molecule has 114 valence electrons. The van der Waals surface area contributed by atoms with Crippen LogP contribution in [0.2, 0.25) is 0 Å². The lowest BCUT2D eigenvalue weighted by molar-refractivity contribution is -0.157. The number of carbonyl (C=O) groups excluding carboxylic acids is 2. The van der Waals surface area contributed by atoms with Crippen molar-refractivity contribution in [3.63, 3.8) is 0 Å². The second-order valence-corrected chi connectivity index (χ2v) is 4.94. The van der Waals surface area contributed by atoms with E-state index in [1.807, 2.05) is 0 Å². The van der Waals surface area contributed by atoms with Gasteiger partial charge in [0.05, 0.1) is 5.92 Å². The summed E-state index contributed by atoms with van der Waals surface area (Å²) in [7, 11) is 0. The van der Waals surface area contributed by atoms with E-state index in [0.29, 0.717) is 16.4 Å². The molecule has 1 saturated heterocycles. The van der Waals surface area contributed by atoms with Crippen molar-refractivity contribution in [3.05, 3.63) is 23.9 Å². The first kappa shape index (κ1) is 15.3. The van der Waals surface area contributed by atoms with E-state index in [9.17, 15) is 22.8 Å². The van der Waals surface area contributed by atoms with E-state index < -0.39 is 30.5 Å². The number of nitrogens with zero attached hydrogens (tertiary/aromatic N) is 2. The monoisotopic (exact) mass is 301 g/mol. The molecule has 0 bridgehead atoms. The standard InChI is InChI=1S/C13H14F3N3O2/c1-8-3-2-4-10(17-8)18-12(21)9-5-11(20)19(6-9)7-13(14,15)16/h2-4,9H,5-7H2,1H3,(H,17,18,21)/t9-/m0/s1. The van der Waals surface area contributed by atoms with Gasteiger partial charge in [-0.1, -0.05) is 6.07 Å². The number of carbonyl (C=O) groups is 2. The summed E-state index contributed by atoms with van der Waals surface area (Å²) >= 11 is 0. The fourth-order valence-corrected chi connectivity index (χ4v) is 2.16. The third-order valence-electron chi connectivity index (χ3n) is 3.10. The Hall–Kier alpha value is -2.12. The minimum Gasteiger partial charge on any atom is -0.333 e. The highest BCUT2D eigenvalue weighted by Crippen LogP contribution is 2.24. The number of likely N-dealkylation sites (tertiary alicyclic amines) is 1. The third-order valence-corrected chi connectivity index (χ3v) is 3.10. The smallest absolute Gasteiger partial charge is 0.333 e. The molecule has 1 atom stereocenters. The molecule has 2 heterocycles. The second kappa shape index (κ2) is 5.71. The second-order valence-electron chi connectivity index (χ2n) is 4.94. The Balaban J connectivity index is 1.97. The van der Waals surface area contributed by atoms with Crippen molar-refractivity contribution in [3.8, 4) is 0 Å². The first-order chi connectivity index (χ1) is 9.74. The Morgan fingerprint density at radius 2 is 2.19 bits per heavy atom. The average Bonchev–Trinajstić information content (AvgIpc) is 2.69. The van der Waals surface area contributed by atoms with Crippen molar-refractivity contribution in [2.45, 2.75) is 19.5 Å². The normalized spacial score (nSPS) is 19.0. The van der Waals surface area contributed by atoms with Crippen molar-refractivity contribution in [2.24, 2.45) is 5.92 Å². The number of anilines is 1. The minimum absolute atomic E-state index is 0.215. The van der Waals surface area contributed by atoms with Crippen molar-refractivity contribution < 1.29 is 22.8 Å². The predicted molar refractivity (Wildman–Crippen MR) is 68.3 cm³/mol. The summed E-state index contributed by atoms with van der Waals surface area (Å²) in [6.07, 6.45) is -4.67. The Bertz CT molecular complexity index is 560. The topological polar surface area (TPSA) is 62.3 Å². The van der Waals surface area contributed by atoms with Crippen LogP contribution >= 0.6 is 0 Å². The highest BCUT2D eigenvalue weighted by molar-refractivity contribution is 5.96. The molecule has 1 aliphatic heterocycles. The fraction of sp³-hybridized carbons (Fsp3) is 0.462. The molecule has 1 N–H and O–H groups in total. The SMILES string of the molecule is Cc1cccc(NC(=O)[C@H]2CC(=O)N(CC(F)(F)F)C2)n1. The summed E-state index contributed by atoms with van der Waals surface area (Å²) in [6, 6.07) is 5.03. The third kappa shape index (κ3) is 4.17. The van der Waals surface area contributed by atoms with Crippen LogP contribution in [0.4, 0.5) is 19.0 Å². The van der Waals surface area contributed by atoms with Gasteiger partial charge in [-0.15, -0.1) is 0 Å². The largest absolute Gasteiger partial charge is 0.406 e. The van der Waals surface area contributed by atoms with Gasteiger partial charge in [-0.25, -0.2) is 4.98 Å². The predicted octanol–water partition coefficient (Wildman–Crippen LogP) is 1.74. The number of aromatic nitrogens is 1. The molecule has 0 radical (unpaired) electrons. The van der Waals surface area contributed by atoms with Crippen LogP contribution < -0.4 is 5.32 Å². The number of hydrogen-bond acceptors (Lipinski definition) is 3. The minimum atomic E-state index is -4.46. The Morgan fingerprint density at radius 3 is 2.81 bits per heavy atom. The van der Waals surface area contributed by atoms with Gasteiger partial charge >= 0.3 is 6.18 Å². The number of hydrogen-bond donors (Lipinski definition) is 1. The molecule has 0 saturated carbocycles. The first-order valence-electron chi connectivity index (χ1n) is 6.33. The number of alkyl halides is 3. The van der Waals surface area contributed by atoms with E-state index in [4.69, 9.17) is 0 Å². The van der Waals surface area contributed by atoms with Gasteiger partial charge in [0.15, 0.2) is 0 Å². The lowest BCUT2D eigenvalue weighted by Crippen LogP contribution is -2.36. The van der Waals surface area contributed by atoms with Crippen LogP contribution in [0.15, 0.2) is 18.2 Å². The molecule has 1 aromatic rings. The quantitative estimate of drug-likeness (QED) is 0.925. The Labute approximate surface area is 119 Å². The molecule has 2 rings (SSSR count). The highest BCUT2D eigenvalue weighted by Gasteiger charge is 2.40. The van der Waals surface area contributed by atoms with Crippen LogP contribution in [0.25, 0.3) is 0 Å². The van der Waals surface area contributed by atoms with Gasteiger partial charge in [0, 0.05) is 18.7 Å². The number of amides is 2. The fourth-order valence-electron chi connectivity index (χ4n) is 2.16. The number of pyridine rings is 1. The maximum atomic E-state index is 12.3. The van der Waals surface area contributed by atoms with Crippen molar-refractivity contribution in [2.75, 3.05) is 18.4 Å². The molecule has 0 unspecified atom stereocenters. The number of rotatable bonds is 3. The Morgan fingerprint density at radius 1 is 1.48 bits per heavy atom. The van der Waals surface area contributed by atoms with Crippen LogP contribution in [0.3, 0.4) is 0 Å². The molecule has 0 spiro atoms. The van der Waals surface area contributed by atoms with Crippen LogP contribution in [0.1, 0.15) is 12.1 Å². The van der Waals surface area contributed by atoms with Gasteiger partial charge in [0.25, 0.3) is 0 Å². The van der Waals surface area contributed by atoms with Gasteiger partial charge < -0.3 is 10.2 Å². The van der Waals surface area contributed by atoms with Gasteiger partial charge in [-0.2, -0.15) is 13.2 Å². The summed E-state index contributed by atoms with van der Waals surface area (Å²) < 4.78 is 36.9. The van der Waals surface area contributed by atoms with E-state index in [-0.39, 0.29) is 13.0 Å². The summed E-state index contributed by atoms with van der Waals surface area (Å²) in [5.41, 5.74) is 0.703. The van der Waals surface area contributed by atoms with Gasteiger partial charge in [0.2, 0.25) is 11.8 Å². The van der Waals surface area contributed by atoms with Crippen molar-refractivity contribution >= 4 is 17.6 Å². The van der Waals surface area contributed by atoms with Gasteiger partial charge in [-0.05, 0) is 19.1 Å². The van der Waals surface area contributed by atoms with Crippen LogP contribution in [-0.2, 0) is 9.59 Å². The highest BCUT2D eigenvalue weighted by atomic mass is 19.4. The molecule has 8 heteroatoms. The van der Waals surface area contributed by atoms with Gasteiger partial charge in [-0.3, -0.25) is 9.59 Å². The Kier molecular flexibility index (Phi) is 4.15. The molecule has 0 aliphatic carbocycles. The lowest BCUT2D eigenvalue weighted by Gasteiger charge is -2.18. The van der Waals surface area contributed by atoms with Crippen LogP contribution in [0, 0.1) is 12.8 Å². The van der Waals surface area contributed by atoms with Gasteiger partial charge in [0.1, 0.15) is 12.4 Å². The summed E-state index contributed by atoms with van der Waals surface area (Å²) in [5.74, 6) is -1.63. The molecule has 5 nitrogen and oxygen atoms in total. The molecular formula is C13H14F3N3O2. The molecule has 0 aromatic carbocycles. The maximum Gasteiger partial charge on any atom is 0.406 e. The average molecular weight is 301 g/mol. The summed E-state index contributed by atoms with van der Waals surface area (Å²) in [4.78, 5) is 28.2. The molecule has 1 aliphatic rings. The molecule has 1 fully saturated rings. The van der Waals surface area contributed by atoms with Crippen LogP contribution in [0.5, 0.6) is 0 Å². The summed E-state index contributed by atoms with van der Waals surface area (Å²) in [6.45, 7) is 0.202. The van der Waals surface area contributed by atoms with Crippen LogP contribution in [-0.4, -0.2) is 41.0 Å². The first-order valence-corrected chi connectivity index (χ1v) is 6.33. The van der Waals surface area contributed by atoms with E-state index in [1.54, 1.807) is 25.1 Å². The number of aryl methyl sites for hydroxylation is 1. The van der Waals surface area contributed by atoms with E-state index in [0.717, 1.165) is 0 Å². The molecule has 1 aromatic heterocycles.